The van der Waals surface area contributed by atoms with Crippen molar-refractivity contribution in [2.75, 3.05) is 10.2 Å². The molecule has 1 unspecified atom stereocenters. The molecule has 1 fully saturated rings. The number of aromatic nitrogens is 2. The van der Waals surface area contributed by atoms with Gasteiger partial charge in [-0.1, -0.05) is 34.7 Å². The molecule has 0 radical (unpaired) electrons. The molecule has 2 aromatic rings. The van der Waals surface area contributed by atoms with E-state index in [1.807, 2.05) is 0 Å². The number of alkyl halides is 3. The maximum absolute atomic E-state index is 13.2. The van der Waals surface area contributed by atoms with E-state index >= 15 is 0 Å². The number of rotatable bonds is 6. The summed E-state index contributed by atoms with van der Waals surface area (Å²) in [5.74, 6) is -0.751. The van der Waals surface area contributed by atoms with Crippen molar-refractivity contribution in [2.24, 2.45) is 0 Å². The summed E-state index contributed by atoms with van der Waals surface area (Å²) in [6.45, 7) is 3.00. The van der Waals surface area contributed by atoms with Gasteiger partial charge in [-0.25, -0.2) is 0 Å². The van der Waals surface area contributed by atoms with Gasteiger partial charge < -0.3 is 5.32 Å². The molecule has 1 N–H and O–H groups in total. The molecule has 3 rings (SSSR count). The summed E-state index contributed by atoms with van der Waals surface area (Å²) in [6.07, 6.45) is -2.84. The largest absolute Gasteiger partial charge is 0.418 e. The lowest BCUT2D eigenvalue weighted by molar-refractivity contribution is -0.137. The van der Waals surface area contributed by atoms with E-state index in [1.54, 1.807) is 11.8 Å². The highest BCUT2D eigenvalue weighted by Crippen LogP contribution is 2.38. The fourth-order valence-electron chi connectivity index (χ4n) is 2.53. The third-order valence-corrected chi connectivity index (χ3v) is 6.39. The number of hydrogen-bond donors (Lipinski definition) is 1. The summed E-state index contributed by atoms with van der Waals surface area (Å²) in [4.78, 5) is 25.8. The van der Waals surface area contributed by atoms with Crippen LogP contribution in [0.25, 0.3) is 0 Å². The molecular weight excluding hydrogens is 449 g/mol. The van der Waals surface area contributed by atoms with E-state index < -0.39 is 22.9 Å². The Kier molecular flexibility index (Phi) is 6.39. The quantitative estimate of drug-likeness (QED) is 0.489. The third kappa shape index (κ3) is 5.40. The summed E-state index contributed by atoms with van der Waals surface area (Å²) >= 11 is 7.87. The van der Waals surface area contributed by atoms with E-state index in [1.165, 1.54) is 24.3 Å². The number of carbonyl (C=O) groups excluding carboxylic acids is 2. The van der Waals surface area contributed by atoms with Gasteiger partial charge in [0.25, 0.3) is 0 Å². The monoisotopic (exact) mass is 464 g/mol. The van der Waals surface area contributed by atoms with Crippen molar-refractivity contribution >= 4 is 57.3 Å². The summed E-state index contributed by atoms with van der Waals surface area (Å²) in [6, 6.07) is 3.28. The average molecular weight is 465 g/mol. The van der Waals surface area contributed by atoms with Crippen LogP contribution in [0.3, 0.4) is 0 Å². The number of benzene rings is 1. The Morgan fingerprint density at radius 3 is 2.62 bits per heavy atom. The van der Waals surface area contributed by atoms with E-state index in [4.69, 9.17) is 11.6 Å². The third-order valence-electron chi connectivity index (χ3n) is 4.04. The maximum atomic E-state index is 13.2. The van der Waals surface area contributed by atoms with Crippen LogP contribution in [0, 0.1) is 0 Å². The first-order chi connectivity index (χ1) is 13.6. The molecule has 1 aliphatic carbocycles. The molecule has 1 aromatic heterocycles. The topological polar surface area (TPSA) is 75.2 Å². The zero-order valence-electron chi connectivity index (χ0n) is 15.3. The molecule has 29 heavy (non-hydrogen) atoms. The second-order valence-electron chi connectivity index (χ2n) is 6.41. The predicted octanol–water partition coefficient (Wildman–Crippen LogP) is 4.84. The molecule has 1 aromatic carbocycles. The van der Waals surface area contributed by atoms with Crippen LogP contribution in [0.1, 0.15) is 32.3 Å². The standard InChI is InChI=1S/C17H16ClF3N4O2S2/c1-8(14(27)22-13-6-3-10(18)7-12(13)17(19,20)21)28-16-24-23-15(29-16)25(9(2)26)11-4-5-11/h3,6-8,11H,4-5H2,1-2H3,(H,22,27). The molecule has 0 aliphatic heterocycles. The highest BCUT2D eigenvalue weighted by Gasteiger charge is 2.35. The number of amides is 2. The van der Waals surface area contributed by atoms with Gasteiger partial charge in [-0.15, -0.1) is 10.2 Å². The Hall–Kier alpha value is -1.85. The van der Waals surface area contributed by atoms with E-state index in [2.05, 4.69) is 15.5 Å². The van der Waals surface area contributed by atoms with E-state index in [0.29, 0.717) is 9.47 Å². The zero-order valence-corrected chi connectivity index (χ0v) is 17.7. The first-order valence-corrected chi connectivity index (χ1v) is 10.6. The number of anilines is 2. The molecular formula is C17H16ClF3N4O2S2. The average Bonchev–Trinajstić information content (AvgIpc) is 3.34. The summed E-state index contributed by atoms with van der Waals surface area (Å²) in [7, 11) is 0. The number of hydrogen-bond acceptors (Lipinski definition) is 6. The van der Waals surface area contributed by atoms with E-state index in [0.717, 1.165) is 36.7 Å². The molecule has 1 atom stereocenters. The molecule has 0 spiro atoms. The fourth-order valence-corrected chi connectivity index (χ4v) is 4.80. The predicted molar refractivity (Wildman–Crippen MR) is 106 cm³/mol. The molecule has 12 heteroatoms. The Morgan fingerprint density at radius 1 is 1.34 bits per heavy atom. The lowest BCUT2D eigenvalue weighted by Gasteiger charge is -2.16. The van der Waals surface area contributed by atoms with Gasteiger partial charge in [0.05, 0.1) is 16.5 Å². The molecule has 1 aliphatic rings. The molecule has 6 nitrogen and oxygen atoms in total. The van der Waals surface area contributed by atoms with E-state index in [-0.39, 0.29) is 22.7 Å². The maximum Gasteiger partial charge on any atom is 0.418 e. The van der Waals surface area contributed by atoms with Gasteiger partial charge in [-0.3, -0.25) is 14.5 Å². The van der Waals surface area contributed by atoms with Crippen molar-refractivity contribution in [3.05, 3.63) is 28.8 Å². The van der Waals surface area contributed by atoms with Gasteiger partial charge in [0.2, 0.25) is 16.9 Å². The second-order valence-corrected chi connectivity index (χ2v) is 9.39. The number of nitrogens with zero attached hydrogens (tertiary/aromatic N) is 3. The SMILES string of the molecule is CC(=O)N(c1nnc(SC(C)C(=O)Nc2ccc(Cl)cc2C(F)(F)F)s1)C1CC1. The summed E-state index contributed by atoms with van der Waals surface area (Å²) < 4.78 is 40.0. The highest BCUT2D eigenvalue weighted by molar-refractivity contribution is 8.02. The van der Waals surface area contributed by atoms with Crippen molar-refractivity contribution in [3.63, 3.8) is 0 Å². The minimum absolute atomic E-state index is 0.0789. The normalized spacial score (nSPS) is 15.1. The number of nitrogens with one attached hydrogen (secondary N) is 1. The molecule has 1 heterocycles. The fraction of sp³-hybridized carbons (Fsp3) is 0.412. The van der Waals surface area contributed by atoms with Crippen LogP contribution in [0.2, 0.25) is 5.02 Å². The summed E-state index contributed by atoms with van der Waals surface area (Å²) in [5.41, 5.74) is -1.39. The van der Waals surface area contributed by atoms with Crippen molar-refractivity contribution in [1.82, 2.24) is 10.2 Å². The molecule has 156 valence electrons. The van der Waals surface area contributed by atoms with Crippen molar-refractivity contribution in [1.29, 1.82) is 0 Å². The number of carbonyl (C=O) groups is 2. The Morgan fingerprint density at radius 2 is 2.03 bits per heavy atom. The Balaban J connectivity index is 1.68. The van der Waals surface area contributed by atoms with Crippen LogP contribution in [-0.4, -0.2) is 33.3 Å². The van der Waals surface area contributed by atoms with Crippen LogP contribution >= 0.6 is 34.7 Å². The van der Waals surface area contributed by atoms with Gasteiger partial charge in [0.15, 0.2) is 4.34 Å². The Bertz CT molecular complexity index is 934. The van der Waals surface area contributed by atoms with Crippen LogP contribution in [0.4, 0.5) is 24.0 Å². The van der Waals surface area contributed by atoms with Gasteiger partial charge >= 0.3 is 6.18 Å². The second kappa shape index (κ2) is 8.49. The van der Waals surface area contributed by atoms with Crippen LogP contribution in [0.15, 0.2) is 22.5 Å². The van der Waals surface area contributed by atoms with Crippen molar-refractivity contribution < 1.29 is 22.8 Å². The smallest absolute Gasteiger partial charge is 0.325 e. The Labute approximate surface area is 177 Å². The molecule has 0 bridgehead atoms. The van der Waals surface area contributed by atoms with Crippen LogP contribution < -0.4 is 10.2 Å². The number of halogens is 4. The minimum atomic E-state index is -4.66. The van der Waals surface area contributed by atoms with Gasteiger partial charge in [0.1, 0.15) is 0 Å². The molecule has 0 saturated heterocycles. The molecule has 2 amide bonds. The minimum Gasteiger partial charge on any atom is -0.325 e. The lowest BCUT2D eigenvalue weighted by Crippen LogP contribution is -2.30. The van der Waals surface area contributed by atoms with Gasteiger partial charge in [-0.05, 0) is 38.0 Å². The van der Waals surface area contributed by atoms with Crippen LogP contribution in [-0.2, 0) is 15.8 Å². The highest BCUT2D eigenvalue weighted by atomic mass is 35.5. The van der Waals surface area contributed by atoms with E-state index in [9.17, 15) is 22.8 Å². The van der Waals surface area contributed by atoms with Crippen molar-refractivity contribution in [2.45, 2.75) is 48.5 Å². The first-order valence-electron chi connectivity index (χ1n) is 8.54. The van der Waals surface area contributed by atoms with Gasteiger partial charge in [-0.2, -0.15) is 13.2 Å². The zero-order chi connectivity index (χ0) is 21.3. The summed E-state index contributed by atoms with van der Waals surface area (Å²) in [5, 5.41) is 9.93. The first kappa shape index (κ1) is 21.8. The lowest BCUT2D eigenvalue weighted by atomic mass is 10.1. The van der Waals surface area contributed by atoms with Crippen molar-refractivity contribution in [3.8, 4) is 0 Å². The van der Waals surface area contributed by atoms with Crippen LogP contribution in [0.5, 0.6) is 0 Å². The number of thioether (sulfide) groups is 1. The molecule has 1 saturated carbocycles. The van der Waals surface area contributed by atoms with Gasteiger partial charge in [0, 0.05) is 18.0 Å².